The van der Waals surface area contributed by atoms with E-state index < -0.39 is 18.5 Å². The Labute approximate surface area is 143 Å². The molecule has 0 radical (unpaired) electrons. The summed E-state index contributed by atoms with van der Waals surface area (Å²) in [6.45, 7) is 0.568. The molecule has 6 nitrogen and oxygen atoms in total. The van der Waals surface area contributed by atoms with Crippen LogP contribution in [-0.4, -0.2) is 31.7 Å². The van der Waals surface area contributed by atoms with Crippen LogP contribution in [0.4, 0.5) is 5.69 Å². The van der Waals surface area contributed by atoms with E-state index in [4.69, 9.17) is 25.8 Å². The fourth-order valence-electron chi connectivity index (χ4n) is 2.12. The Balaban J connectivity index is 1.54. The first kappa shape index (κ1) is 16.1. The van der Waals surface area contributed by atoms with Crippen LogP contribution in [0.2, 0.25) is 5.02 Å². The van der Waals surface area contributed by atoms with Crippen molar-refractivity contribution in [2.75, 3.05) is 25.1 Å². The van der Waals surface area contributed by atoms with Gasteiger partial charge in [0.15, 0.2) is 18.1 Å². The summed E-state index contributed by atoms with van der Waals surface area (Å²) in [6.07, 6.45) is 0. The number of anilines is 1. The second kappa shape index (κ2) is 7.23. The van der Waals surface area contributed by atoms with Crippen molar-refractivity contribution in [1.82, 2.24) is 0 Å². The van der Waals surface area contributed by atoms with Gasteiger partial charge in [-0.15, -0.1) is 0 Å². The predicted molar refractivity (Wildman–Crippen MR) is 87.8 cm³/mol. The molecule has 0 aromatic heterocycles. The van der Waals surface area contributed by atoms with Crippen LogP contribution >= 0.6 is 11.6 Å². The molecule has 0 unspecified atom stereocenters. The molecule has 3 rings (SSSR count). The molecule has 2 aromatic rings. The number of hydrogen-bond donors (Lipinski definition) is 1. The van der Waals surface area contributed by atoms with Crippen molar-refractivity contribution in [3.05, 3.63) is 53.1 Å². The van der Waals surface area contributed by atoms with E-state index in [1.54, 1.807) is 30.3 Å². The molecule has 24 heavy (non-hydrogen) atoms. The number of carbonyl (C=O) groups is 2. The van der Waals surface area contributed by atoms with Crippen LogP contribution < -0.4 is 14.8 Å². The number of halogens is 1. The number of fused-ring (bicyclic) bond motifs is 1. The van der Waals surface area contributed by atoms with Crippen LogP contribution in [0.25, 0.3) is 0 Å². The summed E-state index contributed by atoms with van der Waals surface area (Å²) in [4.78, 5) is 23.7. The van der Waals surface area contributed by atoms with E-state index in [1.165, 1.54) is 12.1 Å². The van der Waals surface area contributed by atoms with Gasteiger partial charge in [-0.2, -0.15) is 0 Å². The molecular formula is C17H14ClNO5. The molecule has 0 spiro atoms. The zero-order valence-electron chi connectivity index (χ0n) is 12.6. The van der Waals surface area contributed by atoms with Crippen molar-refractivity contribution in [2.24, 2.45) is 0 Å². The summed E-state index contributed by atoms with van der Waals surface area (Å²) < 4.78 is 15.8. The minimum atomic E-state index is -0.594. The van der Waals surface area contributed by atoms with Crippen molar-refractivity contribution < 1.29 is 23.8 Å². The standard InChI is InChI=1S/C17H14ClNO5/c18-12-3-1-11(2-4-12)17(21)24-10-16(20)19-13-5-6-14-15(9-13)23-8-7-22-14/h1-6,9H,7-8,10H2,(H,19,20). The maximum atomic E-state index is 11.9. The van der Waals surface area contributed by atoms with E-state index in [-0.39, 0.29) is 0 Å². The lowest BCUT2D eigenvalue weighted by molar-refractivity contribution is -0.119. The summed E-state index contributed by atoms with van der Waals surface area (Å²) in [5, 5.41) is 3.15. The number of carbonyl (C=O) groups excluding carboxylic acids is 2. The van der Waals surface area contributed by atoms with Crippen molar-refractivity contribution in [3.63, 3.8) is 0 Å². The second-order valence-electron chi connectivity index (χ2n) is 4.99. The van der Waals surface area contributed by atoms with E-state index in [0.29, 0.717) is 41.0 Å². The zero-order valence-corrected chi connectivity index (χ0v) is 13.3. The maximum absolute atomic E-state index is 11.9. The average molecular weight is 348 g/mol. The molecule has 2 aromatic carbocycles. The van der Waals surface area contributed by atoms with Crippen molar-refractivity contribution in [1.29, 1.82) is 0 Å². The first-order valence-corrected chi connectivity index (χ1v) is 7.62. The highest BCUT2D eigenvalue weighted by Gasteiger charge is 2.14. The number of esters is 1. The van der Waals surface area contributed by atoms with Gasteiger partial charge in [0.2, 0.25) is 0 Å². The van der Waals surface area contributed by atoms with Gasteiger partial charge >= 0.3 is 5.97 Å². The highest BCUT2D eigenvalue weighted by Crippen LogP contribution is 2.32. The van der Waals surface area contributed by atoms with Gasteiger partial charge in [-0.3, -0.25) is 4.79 Å². The third kappa shape index (κ3) is 3.97. The van der Waals surface area contributed by atoms with Crippen molar-refractivity contribution in [2.45, 2.75) is 0 Å². The predicted octanol–water partition coefficient (Wildman–Crippen LogP) is 2.91. The molecule has 1 N–H and O–H groups in total. The summed E-state index contributed by atoms with van der Waals surface area (Å²) >= 11 is 5.75. The lowest BCUT2D eigenvalue weighted by Gasteiger charge is -2.19. The quantitative estimate of drug-likeness (QED) is 0.861. The Bertz CT molecular complexity index is 760. The Morgan fingerprint density at radius 2 is 1.75 bits per heavy atom. The summed E-state index contributed by atoms with van der Waals surface area (Å²) in [5.74, 6) is 0.156. The topological polar surface area (TPSA) is 73.9 Å². The largest absolute Gasteiger partial charge is 0.486 e. The van der Waals surface area contributed by atoms with Crippen LogP contribution in [0.1, 0.15) is 10.4 Å². The molecule has 0 atom stereocenters. The van der Waals surface area contributed by atoms with E-state index in [2.05, 4.69) is 5.32 Å². The van der Waals surface area contributed by atoms with Gasteiger partial charge in [-0.25, -0.2) is 4.79 Å². The smallest absolute Gasteiger partial charge is 0.338 e. The lowest BCUT2D eigenvalue weighted by atomic mass is 10.2. The molecule has 0 saturated carbocycles. The van der Waals surface area contributed by atoms with Gasteiger partial charge in [0.05, 0.1) is 5.56 Å². The Morgan fingerprint density at radius 1 is 1.04 bits per heavy atom. The molecule has 1 aliphatic rings. The van der Waals surface area contributed by atoms with Crippen LogP contribution in [0.5, 0.6) is 11.5 Å². The normalized spacial score (nSPS) is 12.4. The lowest BCUT2D eigenvalue weighted by Crippen LogP contribution is -2.21. The first-order chi connectivity index (χ1) is 11.6. The first-order valence-electron chi connectivity index (χ1n) is 7.24. The molecular weight excluding hydrogens is 334 g/mol. The summed E-state index contributed by atoms with van der Waals surface area (Å²) in [6, 6.07) is 11.3. The average Bonchev–Trinajstić information content (AvgIpc) is 2.60. The van der Waals surface area contributed by atoms with Crippen LogP contribution in [0, 0.1) is 0 Å². The molecule has 1 amide bonds. The summed E-state index contributed by atoms with van der Waals surface area (Å²) in [5.41, 5.74) is 0.860. The molecule has 0 bridgehead atoms. The highest BCUT2D eigenvalue weighted by molar-refractivity contribution is 6.30. The second-order valence-corrected chi connectivity index (χ2v) is 5.43. The molecule has 0 aliphatic carbocycles. The number of ether oxygens (including phenoxy) is 3. The van der Waals surface area contributed by atoms with Crippen molar-refractivity contribution in [3.8, 4) is 11.5 Å². The third-order valence-corrected chi connectivity index (χ3v) is 3.49. The number of hydrogen-bond acceptors (Lipinski definition) is 5. The van der Waals surface area contributed by atoms with Crippen LogP contribution in [0.15, 0.2) is 42.5 Å². The Morgan fingerprint density at radius 3 is 2.50 bits per heavy atom. The Hall–Kier alpha value is -2.73. The molecule has 1 heterocycles. The molecule has 1 aliphatic heterocycles. The highest BCUT2D eigenvalue weighted by atomic mass is 35.5. The minimum Gasteiger partial charge on any atom is -0.486 e. The van der Waals surface area contributed by atoms with Gasteiger partial charge in [0, 0.05) is 16.8 Å². The van der Waals surface area contributed by atoms with E-state index in [9.17, 15) is 9.59 Å². The summed E-state index contributed by atoms with van der Waals surface area (Å²) in [7, 11) is 0. The number of rotatable bonds is 4. The van der Waals surface area contributed by atoms with Crippen molar-refractivity contribution >= 4 is 29.2 Å². The number of benzene rings is 2. The van der Waals surface area contributed by atoms with Gasteiger partial charge in [-0.05, 0) is 36.4 Å². The van der Waals surface area contributed by atoms with E-state index >= 15 is 0 Å². The van der Waals surface area contributed by atoms with Gasteiger partial charge < -0.3 is 19.5 Å². The van der Waals surface area contributed by atoms with Crippen LogP contribution in [-0.2, 0) is 9.53 Å². The zero-order chi connectivity index (χ0) is 16.9. The number of amides is 1. The van der Waals surface area contributed by atoms with Gasteiger partial charge in [0.25, 0.3) is 5.91 Å². The fraction of sp³-hybridized carbons (Fsp3) is 0.176. The molecule has 0 saturated heterocycles. The Kier molecular flexibility index (Phi) is 4.86. The van der Waals surface area contributed by atoms with Gasteiger partial charge in [0.1, 0.15) is 13.2 Å². The van der Waals surface area contributed by atoms with E-state index in [1.807, 2.05) is 0 Å². The molecule has 7 heteroatoms. The van der Waals surface area contributed by atoms with Crippen LogP contribution in [0.3, 0.4) is 0 Å². The monoisotopic (exact) mass is 347 g/mol. The van der Waals surface area contributed by atoms with Gasteiger partial charge in [-0.1, -0.05) is 11.6 Å². The molecule has 124 valence electrons. The minimum absolute atomic E-state index is 0.325. The molecule has 0 fully saturated rings. The number of nitrogens with one attached hydrogen (secondary N) is 1. The fourth-order valence-corrected chi connectivity index (χ4v) is 2.24. The maximum Gasteiger partial charge on any atom is 0.338 e. The SMILES string of the molecule is O=C(COC(=O)c1ccc(Cl)cc1)Nc1ccc2c(c1)OCCO2. The third-order valence-electron chi connectivity index (χ3n) is 3.24. The van der Waals surface area contributed by atoms with E-state index in [0.717, 1.165) is 0 Å².